The summed E-state index contributed by atoms with van der Waals surface area (Å²) >= 11 is 0. The van der Waals surface area contributed by atoms with Gasteiger partial charge in [0.15, 0.2) is 0 Å². The molecule has 0 saturated carbocycles. The van der Waals surface area contributed by atoms with Gasteiger partial charge in [-0.2, -0.15) is 0 Å². The van der Waals surface area contributed by atoms with Gasteiger partial charge in [0, 0.05) is 18.8 Å². The Balaban J connectivity index is 2.64. The Kier molecular flexibility index (Phi) is 4.57. The van der Waals surface area contributed by atoms with Crippen LogP contribution in [0.1, 0.15) is 51.1 Å². The third-order valence-electron chi connectivity index (χ3n) is 3.02. The molecule has 4 heteroatoms. The molecule has 1 amide bonds. The normalized spacial score (nSPS) is 13.7. The fourth-order valence-corrected chi connectivity index (χ4v) is 1.62. The first-order valence-electron chi connectivity index (χ1n) is 6.36. The minimum absolute atomic E-state index is 0.142. The summed E-state index contributed by atoms with van der Waals surface area (Å²) in [7, 11) is 0. The van der Waals surface area contributed by atoms with E-state index in [9.17, 15) is 9.90 Å². The number of nitrogens with one attached hydrogen (secondary N) is 1. The lowest BCUT2D eigenvalue weighted by Gasteiger charge is -2.26. The van der Waals surface area contributed by atoms with Gasteiger partial charge in [0.2, 0.25) is 0 Å². The average molecular weight is 252 g/mol. The van der Waals surface area contributed by atoms with Crippen molar-refractivity contribution in [2.75, 3.05) is 6.54 Å². The first-order valence-corrected chi connectivity index (χ1v) is 6.36. The molecule has 0 fully saturated rings. The van der Waals surface area contributed by atoms with Crippen LogP contribution in [0.4, 0.5) is 0 Å². The molecule has 0 radical (unpaired) electrons. The maximum absolute atomic E-state index is 12.0. The first-order chi connectivity index (χ1) is 8.23. The second-order valence-electron chi connectivity index (χ2n) is 5.99. The summed E-state index contributed by atoms with van der Waals surface area (Å²) in [6.45, 7) is 10.2. The Morgan fingerprint density at radius 2 is 2.06 bits per heavy atom. The molecule has 102 valence electrons. The number of hydrogen-bond acceptors (Lipinski definition) is 2. The van der Waals surface area contributed by atoms with Crippen molar-refractivity contribution in [1.82, 2.24) is 9.88 Å². The van der Waals surface area contributed by atoms with Crippen molar-refractivity contribution in [3.63, 3.8) is 0 Å². The van der Waals surface area contributed by atoms with Crippen LogP contribution in [0.2, 0.25) is 0 Å². The Labute approximate surface area is 109 Å². The number of aromatic nitrogens is 1. The van der Waals surface area contributed by atoms with Gasteiger partial charge in [-0.3, -0.25) is 4.79 Å². The lowest BCUT2D eigenvalue weighted by Crippen LogP contribution is -2.39. The summed E-state index contributed by atoms with van der Waals surface area (Å²) in [6, 6.07) is 3.89. The molecule has 1 aromatic rings. The van der Waals surface area contributed by atoms with E-state index in [0.29, 0.717) is 5.69 Å². The van der Waals surface area contributed by atoms with Gasteiger partial charge in [-0.25, -0.2) is 0 Å². The molecule has 0 spiro atoms. The second kappa shape index (κ2) is 5.57. The Morgan fingerprint density at radius 1 is 1.44 bits per heavy atom. The van der Waals surface area contributed by atoms with Gasteiger partial charge in [-0.05, 0) is 31.4 Å². The fourth-order valence-electron chi connectivity index (χ4n) is 1.62. The first kappa shape index (κ1) is 14.8. The van der Waals surface area contributed by atoms with Gasteiger partial charge < -0.3 is 15.0 Å². The molecule has 0 aliphatic carbocycles. The van der Waals surface area contributed by atoms with Crippen molar-refractivity contribution in [2.24, 2.45) is 5.41 Å². The smallest absolute Gasteiger partial charge is 0.268 e. The fraction of sp³-hybridized carbons (Fsp3) is 0.643. The van der Waals surface area contributed by atoms with Gasteiger partial charge in [-0.1, -0.05) is 20.8 Å². The van der Waals surface area contributed by atoms with Crippen molar-refractivity contribution in [3.05, 3.63) is 24.0 Å². The molecule has 1 unspecified atom stereocenters. The van der Waals surface area contributed by atoms with Gasteiger partial charge in [-0.15, -0.1) is 0 Å². The van der Waals surface area contributed by atoms with E-state index >= 15 is 0 Å². The van der Waals surface area contributed by atoms with Crippen molar-refractivity contribution in [1.29, 1.82) is 0 Å². The number of aliphatic hydroxyl groups excluding tert-OH is 1. The van der Waals surface area contributed by atoms with E-state index in [-0.39, 0.29) is 23.9 Å². The van der Waals surface area contributed by atoms with Crippen molar-refractivity contribution >= 4 is 5.91 Å². The number of hydrogen-bond donors (Lipinski definition) is 2. The van der Waals surface area contributed by atoms with Crippen molar-refractivity contribution in [2.45, 2.75) is 46.8 Å². The van der Waals surface area contributed by atoms with Crippen LogP contribution in [0.15, 0.2) is 18.3 Å². The van der Waals surface area contributed by atoms with E-state index in [1.54, 1.807) is 6.07 Å². The molecule has 0 saturated heterocycles. The van der Waals surface area contributed by atoms with Gasteiger partial charge in [0.1, 0.15) is 5.69 Å². The molecule has 1 atom stereocenters. The average Bonchev–Trinajstić information content (AvgIpc) is 2.72. The molecule has 2 N–H and O–H groups in total. The molecule has 4 nitrogen and oxygen atoms in total. The number of carbonyl (C=O) groups is 1. The number of rotatable bonds is 4. The topological polar surface area (TPSA) is 54.3 Å². The van der Waals surface area contributed by atoms with Gasteiger partial charge in [0.05, 0.1) is 6.10 Å². The second-order valence-corrected chi connectivity index (χ2v) is 5.99. The maximum Gasteiger partial charge on any atom is 0.268 e. The lowest BCUT2D eigenvalue weighted by molar-refractivity contribution is 0.0584. The summed E-state index contributed by atoms with van der Waals surface area (Å²) in [5, 5.41) is 12.7. The third-order valence-corrected chi connectivity index (χ3v) is 3.02. The molecule has 1 rings (SSSR count). The molecule has 0 aromatic carbocycles. The van der Waals surface area contributed by atoms with E-state index in [0.717, 1.165) is 0 Å². The third kappa shape index (κ3) is 3.60. The van der Waals surface area contributed by atoms with E-state index in [1.807, 2.05) is 51.4 Å². The zero-order valence-corrected chi connectivity index (χ0v) is 11.9. The summed E-state index contributed by atoms with van der Waals surface area (Å²) in [5.41, 5.74) is 0.402. The molecule has 0 aliphatic heterocycles. The monoisotopic (exact) mass is 252 g/mol. The zero-order chi connectivity index (χ0) is 13.9. The molecule has 18 heavy (non-hydrogen) atoms. The molecular formula is C14H24N2O2. The number of nitrogens with zero attached hydrogens (tertiary/aromatic N) is 1. The largest absolute Gasteiger partial charge is 0.391 e. The van der Waals surface area contributed by atoms with Crippen LogP contribution < -0.4 is 5.32 Å². The Bertz CT molecular complexity index is 402. The van der Waals surface area contributed by atoms with Crippen molar-refractivity contribution < 1.29 is 9.90 Å². The number of aliphatic hydroxyl groups is 1. The van der Waals surface area contributed by atoms with E-state index in [1.165, 1.54) is 0 Å². The van der Waals surface area contributed by atoms with Crippen LogP contribution in [0.5, 0.6) is 0 Å². The van der Waals surface area contributed by atoms with Crippen LogP contribution in [-0.2, 0) is 0 Å². The highest BCUT2D eigenvalue weighted by Crippen LogP contribution is 2.18. The van der Waals surface area contributed by atoms with Gasteiger partial charge in [0.25, 0.3) is 5.91 Å². The van der Waals surface area contributed by atoms with E-state index < -0.39 is 6.10 Å². The minimum Gasteiger partial charge on any atom is -0.391 e. The molecule has 0 bridgehead atoms. The van der Waals surface area contributed by atoms with Crippen LogP contribution in [-0.4, -0.2) is 28.2 Å². The van der Waals surface area contributed by atoms with Crippen LogP contribution >= 0.6 is 0 Å². The molecule has 0 aliphatic rings. The Morgan fingerprint density at radius 3 is 2.56 bits per heavy atom. The predicted molar refractivity (Wildman–Crippen MR) is 72.6 cm³/mol. The zero-order valence-electron chi connectivity index (χ0n) is 11.9. The summed E-state index contributed by atoms with van der Waals surface area (Å²) in [6.07, 6.45) is 1.34. The predicted octanol–water partition coefficient (Wildman–Crippen LogP) is 2.21. The standard InChI is InChI=1S/C14H24N2O2/c1-10(2)16-8-6-7-11(16)13(18)15-9-12(17)14(3,4)5/h6-8,10,12,17H,9H2,1-5H3,(H,15,18). The highest BCUT2D eigenvalue weighted by molar-refractivity contribution is 5.92. The van der Waals surface area contributed by atoms with Gasteiger partial charge >= 0.3 is 0 Å². The molecule has 1 heterocycles. The number of carbonyl (C=O) groups excluding carboxylic acids is 1. The summed E-state index contributed by atoms with van der Waals surface area (Å²) in [5.74, 6) is -0.142. The van der Waals surface area contributed by atoms with Crippen LogP contribution in [0.3, 0.4) is 0 Å². The van der Waals surface area contributed by atoms with E-state index in [2.05, 4.69) is 5.32 Å². The van der Waals surface area contributed by atoms with Crippen LogP contribution in [0.25, 0.3) is 0 Å². The van der Waals surface area contributed by atoms with Crippen LogP contribution in [0, 0.1) is 5.41 Å². The summed E-state index contributed by atoms with van der Waals surface area (Å²) < 4.78 is 1.92. The lowest BCUT2D eigenvalue weighted by atomic mass is 9.89. The van der Waals surface area contributed by atoms with E-state index in [4.69, 9.17) is 0 Å². The maximum atomic E-state index is 12.0. The number of amides is 1. The van der Waals surface area contributed by atoms with Crippen molar-refractivity contribution in [3.8, 4) is 0 Å². The SMILES string of the molecule is CC(C)n1cccc1C(=O)NCC(O)C(C)(C)C. The minimum atomic E-state index is -0.552. The molecule has 1 aromatic heterocycles. The highest BCUT2D eigenvalue weighted by atomic mass is 16.3. The summed E-state index contributed by atoms with van der Waals surface area (Å²) in [4.78, 5) is 12.0. The highest BCUT2D eigenvalue weighted by Gasteiger charge is 2.23. The quantitative estimate of drug-likeness (QED) is 0.863. The Hall–Kier alpha value is -1.29. The molecular weight excluding hydrogens is 228 g/mol.